The van der Waals surface area contributed by atoms with Crippen molar-refractivity contribution in [3.63, 3.8) is 0 Å². The van der Waals surface area contributed by atoms with Crippen molar-refractivity contribution < 1.29 is 14.7 Å². The van der Waals surface area contributed by atoms with Crippen LogP contribution in [-0.2, 0) is 9.59 Å². The Morgan fingerprint density at radius 1 is 1.61 bits per heavy atom. The van der Waals surface area contributed by atoms with Gasteiger partial charge in [-0.05, 0) is 26.7 Å². The van der Waals surface area contributed by atoms with Gasteiger partial charge in [0.25, 0.3) is 0 Å². The predicted molar refractivity (Wildman–Crippen MR) is 69.2 cm³/mol. The third-order valence-electron chi connectivity index (χ3n) is 3.57. The summed E-state index contributed by atoms with van der Waals surface area (Å²) >= 11 is 0. The molecular formula is C13H22N2O3. The highest BCUT2D eigenvalue weighted by atomic mass is 16.4. The lowest BCUT2D eigenvalue weighted by Gasteiger charge is -2.39. The van der Waals surface area contributed by atoms with E-state index in [2.05, 4.69) is 16.8 Å². The van der Waals surface area contributed by atoms with E-state index in [1.165, 1.54) is 0 Å². The number of carbonyl (C=O) groups is 2. The van der Waals surface area contributed by atoms with Gasteiger partial charge in [-0.3, -0.25) is 14.5 Å². The molecule has 0 spiro atoms. The molecule has 1 aliphatic heterocycles. The van der Waals surface area contributed by atoms with Gasteiger partial charge in [-0.25, -0.2) is 0 Å². The van der Waals surface area contributed by atoms with Crippen LogP contribution in [0.15, 0.2) is 12.7 Å². The SMILES string of the molecule is C=CCNC(=O)C(C)N1CCC(C(=O)O)CC1C. The first-order valence-electron chi connectivity index (χ1n) is 6.34. The molecule has 1 heterocycles. The highest BCUT2D eigenvalue weighted by Crippen LogP contribution is 2.24. The molecule has 5 heteroatoms. The third-order valence-corrected chi connectivity index (χ3v) is 3.57. The summed E-state index contributed by atoms with van der Waals surface area (Å²) in [6, 6.07) is -0.112. The molecule has 1 aliphatic rings. The molecule has 0 aromatic heterocycles. The number of rotatable bonds is 5. The fourth-order valence-corrected chi connectivity index (χ4v) is 2.46. The van der Waals surface area contributed by atoms with Gasteiger partial charge < -0.3 is 10.4 Å². The van der Waals surface area contributed by atoms with Crippen LogP contribution in [0.25, 0.3) is 0 Å². The molecule has 2 N–H and O–H groups in total. The van der Waals surface area contributed by atoms with Crippen molar-refractivity contribution in [3.05, 3.63) is 12.7 Å². The quantitative estimate of drug-likeness (QED) is 0.714. The van der Waals surface area contributed by atoms with Crippen LogP contribution in [0.4, 0.5) is 0 Å². The van der Waals surface area contributed by atoms with Crippen molar-refractivity contribution in [3.8, 4) is 0 Å². The Labute approximate surface area is 108 Å². The van der Waals surface area contributed by atoms with Gasteiger partial charge in [0.15, 0.2) is 0 Å². The van der Waals surface area contributed by atoms with E-state index in [1.807, 2.05) is 13.8 Å². The summed E-state index contributed by atoms with van der Waals surface area (Å²) in [6.07, 6.45) is 2.86. The summed E-state index contributed by atoms with van der Waals surface area (Å²) in [5.41, 5.74) is 0. The molecule has 18 heavy (non-hydrogen) atoms. The van der Waals surface area contributed by atoms with Gasteiger partial charge in [0, 0.05) is 19.1 Å². The number of aliphatic carboxylic acids is 1. The molecule has 0 bridgehead atoms. The molecule has 3 unspecified atom stereocenters. The van der Waals surface area contributed by atoms with Crippen LogP contribution in [0.2, 0.25) is 0 Å². The fourth-order valence-electron chi connectivity index (χ4n) is 2.46. The van der Waals surface area contributed by atoms with E-state index in [9.17, 15) is 9.59 Å². The average molecular weight is 254 g/mol. The van der Waals surface area contributed by atoms with Gasteiger partial charge >= 0.3 is 5.97 Å². The third kappa shape index (κ3) is 3.57. The van der Waals surface area contributed by atoms with E-state index in [4.69, 9.17) is 5.11 Å². The van der Waals surface area contributed by atoms with Crippen molar-refractivity contribution in [2.45, 2.75) is 38.8 Å². The number of likely N-dealkylation sites (tertiary alicyclic amines) is 1. The second kappa shape index (κ2) is 6.54. The molecule has 5 nitrogen and oxygen atoms in total. The predicted octanol–water partition coefficient (Wildman–Crippen LogP) is 0.862. The molecule has 1 rings (SSSR count). The molecule has 3 atom stereocenters. The van der Waals surface area contributed by atoms with Crippen LogP contribution in [0.5, 0.6) is 0 Å². The molecular weight excluding hydrogens is 232 g/mol. The first kappa shape index (κ1) is 14.7. The van der Waals surface area contributed by atoms with Crippen LogP contribution in [0.1, 0.15) is 26.7 Å². The molecule has 1 saturated heterocycles. The van der Waals surface area contributed by atoms with E-state index < -0.39 is 5.97 Å². The van der Waals surface area contributed by atoms with Crippen molar-refractivity contribution in [2.75, 3.05) is 13.1 Å². The van der Waals surface area contributed by atoms with E-state index >= 15 is 0 Å². The zero-order chi connectivity index (χ0) is 13.7. The smallest absolute Gasteiger partial charge is 0.306 e. The van der Waals surface area contributed by atoms with Gasteiger partial charge in [-0.15, -0.1) is 6.58 Å². The van der Waals surface area contributed by atoms with Crippen molar-refractivity contribution in [1.29, 1.82) is 0 Å². The molecule has 0 saturated carbocycles. The Morgan fingerprint density at radius 2 is 2.28 bits per heavy atom. The minimum absolute atomic E-state index is 0.0319. The number of nitrogens with one attached hydrogen (secondary N) is 1. The average Bonchev–Trinajstić information content (AvgIpc) is 2.34. The number of carbonyl (C=O) groups excluding carboxylic acids is 1. The maximum Gasteiger partial charge on any atom is 0.306 e. The minimum atomic E-state index is -0.731. The Bertz CT molecular complexity index is 330. The Hall–Kier alpha value is -1.36. The Balaban J connectivity index is 2.54. The largest absolute Gasteiger partial charge is 0.481 e. The van der Waals surface area contributed by atoms with Crippen molar-refractivity contribution in [1.82, 2.24) is 10.2 Å². The Kier molecular flexibility index (Phi) is 5.34. The summed E-state index contributed by atoms with van der Waals surface area (Å²) in [4.78, 5) is 24.9. The number of piperidine rings is 1. The van der Waals surface area contributed by atoms with E-state index in [0.29, 0.717) is 25.9 Å². The lowest BCUT2D eigenvalue weighted by molar-refractivity contribution is -0.144. The summed E-state index contributed by atoms with van der Waals surface area (Å²) in [5.74, 6) is -1.04. The maximum absolute atomic E-state index is 11.8. The van der Waals surface area contributed by atoms with Crippen LogP contribution in [-0.4, -0.2) is 47.1 Å². The number of carboxylic acid groups (broad SMARTS) is 1. The molecule has 0 aromatic rings. The Morgan fingerprint density at radius 3 is 2.78 bits per heavy atom. The standard InChI is InChI=1S/C13H22N2O3/c1-4-6-14-12(16)10(3)15-7-5-11(13(17)18)8-9(15)2/h4,9-11H,1,5-8H2,2-3H3,(H,14,16)(H,17,18). The second-order valence-electron chi connectivity index (χ2n) is 4.86. The van der Waals surface area contributed by atoms with Gasteiger partial charge in [-0.2, -0.15) is 0 Å². The molecule has 1 amide bonds. The van der Waals surface area contributed by atoms with Crippen molar-refractivity contribution in [2.24, 2.45) is 5.92 Å². The van der Waals surface area contributed by atoms with Gasteiger partial charge in [0.05, 0.1) is 12.0 Å². The van der Waals surface area contributed by atoms with Gasteiger partial charge in [0.2, 0.25) is 5.91 Å². The lowest BCUT2D eigenvalue weighted by Crippen LogP contribution is -2.52. The van der Waals surface area contributed by atoms with Crippen molar-refractivity contribution >= 4 is 11.9 Å². The summed E-state index contributed by atoms with van der Waals surface area (Å²) < 4.78 is 0. The number of carboxylic acids is 1. The first-order chi connectivity index (χ1) is 8.47. The zero-order valence-corrected chi connectivity index (χ0v) is 11.1. The molecule has 0 aliphatic carbocycles. The first-order valence-corrected chi connectivity index (χ1v) is 6.34. The van der Waals surface area contributed by atoms with E-state index in [1.54, 1.807) is 6.08 Å². The van der Waals surface area contributed by atoms with Crippen LogP contribution in [0, 0.1) is 5.92 Å². The van der Waals surface area contributed by atoms with Crippen LogP contribution >= 0.6 is 0 Å². The second-order valence-corrected chi connectivity index (χ2v) is 4.86. The number of hydrogen-bond donors (Lipinski definition) is 2. The minimum Gasteiger partial charge on any atom is -0.481 e. The molecule has 1 fully saturated rings. The normalized spacial score (nSPS) is 26.3. The van der Waals surface area contributed by atoms with E-state index in [-0.39, 0.29) is 23.9 Å². The van der Waals surface area contributed by atoms with Crippen LogP contribution < -0.4 is 5.32 Å². The number of hydrogen-bond acceptors (Lipinski definition) is 3. The monoisotopic (exact) mass is 254 g/mol. The highest BCUT2D eigenvalue weighted by Gasteiger charge is 2.33. The van der Waals surface area contributed by atoms with Crippen LogP contribution in [0.3, 0.4) is 0 Å². The summed E-state index contributed by atoms with van der Waals surface area (Å²) in [5, 5.41) is 11.8. The molecule has 102 valence electrons. The number of nitrogens with zero attached hydrogens (tertiary/aromatic N) is 1. The highest BCUT2D eigenvalue weighted by molar-refractivity contribution is 5.81. The zero-order valence-electron chi connectivity index (χ0n) is 11.1. The summed E-state index contributed by atoms with van der Waals surface area (Å²) in [6.45, 7) is 8.51. The van der Waals surface area contributed by atoms with E-state index in [0.717, 1.165) is 0 Å². The van der Waals surface area contributed by atoms with Gasteiger partial charge in [0.1, 0.15) is 0 Å². The maximum atomic E-state index is 11.8. The topological polar surface area (TPSA) is 69.6 Å². The molecule has 0 radical (unpaired) electrons. The summed E-state index contributed by atoms with van der Waals surface area (Å²) in [7, 11) is 0. The fraction of sp³-hybridized carbons (Fsp3) is 0.692. The lowest BCUT2D eigenvalue weighted by atomic mass is 9.90. The van der Waals surface area contributed by atoms with Gasteiger partial charge in [-0.1, -0.05) is 6.08 Å². The molecule has 0 aromatic carbocycles. The number of amides is 1.